The van der Waals surface area contributed by atoms with Crippen LogP contribution < -0.4 is 10.2 Å². The van der Waals surface area contributed by atoms with Gasteiger partial charge in [-0.2, -0.15) is 0 Å². The second kappa shape index (κ2) is 6.95. The van der Waals surface area contributed by atoms with E-state index in [1.807, 2.05) is 7.05 Å². The number of para-hydroxylation sites is 1. The third-order valence-electron chi connectivity index (χ3n) is 3.03. The first kappa shape index (κ1) is 15.1. The van der Waals surface area contributed by atoms with Gasteiger partial charge in [0.15, 0.2) is 6.54 Å². The quantitative estimate of drug-likeness (QED) is 0.862. The Hall–Kier alpha value is -2.27. The SMILES string of the molecule is C[NH+](CC(=O)Nc1ccccc1F)Cc1ccc(F)cc1. The molecule has 2 aromatic carbocycles. The van der Waals surface area contributed by atoms with Crippen molar-refractivity contribution < 1.29 is 18.5 Å². The molecule has 110 valence electrons. The van der Waals surface area contributed by atoms with E-state index in [4.69, 9.17) is 0 Å². The molecular formula is C16H17F2N2O+. The van der Waals surface area contributed by atoms with Gasteiger partial charge in [-0.25, -0.2) is 8.78 Å². The molecule has 0 spiro atoms. The van der Waals surface area contributed by atoms with Crippen LogP contribution >= 0.6 is 0 Å². The lowest BCUT2D eigenvalue weighted by Gasteiger charge is -2.14. The van der Waals surface area contributed by atoms with E-state index < -0.39 is 5.82 Å². The summed E-state index contributed by atoms with van der Waals surface area (Å²) in [6, 6.07) is 12.2. The molecule has 0 aliphatic heterocycles. The zero-order chi connectivity index (χ0) is 15.2. The fourth-order valence-corrected chi connectivity index (χ4v) is 2.04. The zero-order valence-corrected chi connectivity index (χ0v) is 11.7. The van der Waals surface area contributed by atoms with Crippen molar-refractivity contribution in [3.8, 4) is 0 Å². The van der Waals surface area contributed by atoms with Gasteiger partial charge >= 0.3 is 0 Å². The minimum Gasteiger partial charge on any atom is -0.326 e. The van der Waals surface area contributed by atoms with Gasteiger partial charge in [0.05, 0.1) is 12.7 Å². The molecule has 5 heteroatoms. The fourth-order valence-electron chi connectivity index (χ4n) is 2.04. The molecular weight excluding hydrogens is 274 g/mol. The number of benzene rings is 2. The van der Waals surface area contributed by atoms with E-state index in [-0.39, 0.29) is 24.0 Å². The number of carbonyl (C=O) groups is 1. The Balaban J connectivity index is 1.87. The number of amides is 1. The fraction of sp³-hybridized carbons (Fsp3) is 0.188. The highest BCUT2D eigenvalue weighted by Crippen LogP contribution is 2.11. The van der Waals surface area contributed by atoms with E-state index >= 15 is 0 Å². The average Bonchev–Trinajstić information content (AvgIpc) is 2.44. The molecule has 0 heterocycles. The molecule has 1 unspecified atom stereocenters. The number of hydrogen-bond acceptors (Lipinski definition) is 1. The minimum atomic E-state index is -0.456. The van der Waals surface area contributed by atoms with Gasteiger partial charge < -0.3 is 10.2 Å². The Bertz CT molecular complexity index is 614. The van der Waals surface area contributed by atoms with Crippen LogP contribution in [0.15, 0.2) is 48.5 Å². The number of hydrogen-bond donors (Lipinski definition) is 2. The molecule has 2 rings (SSSR count). The maximum atomic E-state index is 13.4. The summed E-state index contributed by atoms with van der Waals surface area (Å²) in [6.45, 7) is 0.788. The summed E-state index contributed by atoms with van der Waals surface area (Å²) in [5, 5.41) is 2.54. The van der Waals surface area contributed by atoms with Crippen LogP contribution in [-0.4, -0.2) is 19.5 Å². The second-order valence-electron chi connectivity index (χ2n) is 4.97. The molecule has 0 fully saturated rings. The van der Waals surface area contributed by atoms with Crippen molar-refractivity contribution >= 4 is 11.6 Å². The van der Waals surface area contributed by atoms with E-state index in [0.29, 0.717) is 6.54 Å². The van der Waals surface area contributed by atoms with Crippen LogP contribution in [0, 0.1) is 11.6 Å². The Kier molecular flexibility index (Phi) is 5.00. The predicted octanol–water partition coefficient (Wildman–Crippen LogP) is 1.62. The van der Waals surface area contributed by atoms with E-state index in [1.54, 1.807) is 24.3 Å². The molecule has 2 N–H and O–H groups in total. The highest BCUT2D eigenvalue weighted by molar-refractivity contribution is 5.91. The van der Waals surface area contributed by atoms with Gasteiger partial charge in [-0.05, 0) is 24.3 Å². The monoisotopic (exact) mass is 291 g/mol. The number of rotatable bonds is 5. The van der Waals surface area contributed by atoms with Crippen LogP contribution in [0.2, 0.25) is 0 Å². The van der Waals surface area contributed by atoms with Crippen molar-refractivity contribution in [3.63, 3.8) is 0 Å². The van der Waals surface area contributed by atoms with Gasteiger partial charge in [0.25, 0.3) is 5.91 Å². The molecule has 0 bridgehead atoms. The molecule has 1 amide bonds. The lowest BCUT2D eigenvalue weighted by molar-refractivity contribution is -0.885. The van der Waals surface area contributed by atoms with Crippen molar-refractivity contribution in [2.45, 2.75) is 6.54 Å². The molecule has 3 nitrogen and oxygen atoms in total. The zero-order valence-electron chi connectivity index (χ0n) is 11.7. The molecule has 0 aliphatic carbocycles. The second-order valence-corrected chi connectivity index (χ2v) is 4.97. The van der Waals surface area contributed by atoms with Crippen LogP contribution in [0.4, 0.5) is 14.5 Å². The summed E-state index contributed by atoms with van der Waals surface area (Å²) in [7, 11) is 1.85. The molecule has 1 atom stereocenters. The highest BCUT2D eigenvalue weighted by Gasteiger charge is 2.12. The molecule has 0 saturated heterocycles. The van der Waals surface area contributed by atoms with Gasteiger partial charge in [-0.1, -0.05) is 24.3 Å². The maximum absolute atomic E-state index is 13.4. The molecule has 0 aromatic heterocycles. The molecule has 0 radical (unpaired) electrons. The summed E-state index contributed by atoms with van der Waals surface area (Å²) in [4.78, 5) is 12.8. The Morgan fingerprint density at radius 1 is 1.10 bits per heavy atom. The van der Waals surface area contributed by atoms with Crippen molar-refractivity contribution in [1.82, 2.24) is 0 Å². The average molecular weight is 291 g/mol. The first-order chi connectivity index (χ1) is 10.0. The van der Waals surface area contributed by atoms with Crippen LogP contribution in [0.25, 0.3) is 0 Å². The van der Waals surface area contributed by atoms with E-state index in [2.05, 4.69) is 5.32 Å². The van der Waals surface area contributed by atoms with Gasteiger partial charge in [-0.15, -0.1) is 0 Å². The Morgan fingerprint density at radius 2 is 1.76 bits per heavy atom. The van der Waals surface area contributed by atoms with Crippen LogP contribution in [-0.2, 0) is 11.3 Å². The number of carbonyl (C=O) groups excluding carboxylic acids is 1. The standard InChI is InChI=1S/C16H16F2N2O/c1-20(10-12-6-8-13(17)9-7-12)11-16(21)19-15-5-3-2-4-14(15)18/h2-9H,10-11H2,1H3,(H,19,21)/p+1. The lowest BCUT2D eigenvalue weighted by Crippen LogP contribution is -3.08. The number of halogens is 2. The summed E-state index contributed by atoms with van der Waals surface area (Å²) < 4.78 is 26.2. The predicted molar refractivity (Wildman–Crippen MR) is 76.9 cm³/mol. The third-order valence-corrected chi connectivity index (χ3v) is 3.03. The van der Waals surface area contributed by atoms with Gasteiger partial charge in [-0.3, -0.25) is 4.79 Å². The first-order valence-corrected chi connectivity index (χ1v) is 6.65. The lowest BCUT2D eigenvalue weighted by atomic mass is 10.2. The molecule has 21 heavy (non-hydrogen) atoms. The largest absolute Gasteiger partial charge is 0.326 e. The maximum Gasteiger partial charge on any atom is 0.279 e. The van der Waals surface area contributed by atoms with E-state index in [1.165, 1.54) is 24.3 Å². The highest BCUT2D eigenvalue weighted by atomic mass is 19.1. The summed E-state index contributed by atoms with van der Waals surface area (Å²) in [5.41, 5.74) is 1.12. The number of likely N-dealkylation sites (N-methyl/N-ethyl adjacent to an activating group) is 1. The summed E-state index contributed by atoms with van der Waals surface area (Å²) in [6.07, 6.45) is 0. The van der Waals surface area contributed by atoms with Gasteiger partial charge in [0.1, 0.15) is 18.2 Å². The topological polar surface area (TPSA) is 33.5 Å². The van der Waals surface area contributed by atoms with Crippen molar-refractivity contribution in [2.75, 3.05) is 18.9 Å². The van der Waals surface area contributed by atoms with E-state index in [0.717, 1.165) is 10.5 Å². The number of nitrogens with one attached hydrogen (secondary N) is 2. The number of anilines is 1. The summed E-state index contributed by atoms with van der Waals surface area (Å²) in [5.74, 6) is -1.00. The van der Waals surface area contributed by atoms with E-state index in [9.17, 15) is 13.6 Å². The minimum absolute atomic E-state index is 0.178. The number of quaternary nitrogens is 1. The normalized spacial score (nSPS) is 12.0. The van der Waals surface area contributed by atoms with Crippen molar-refractivity contribution in [2.24, 2.45) is 0 Å². The Labute approximate surface area is 122 Å². The van der Waals surface area contributed by atoms with Crippen molar-refractivity contribution in [1.29, 1.82) is 0 Å². The smallest absolute Gasteiger partial charge is 0.279 e. The van der Waals surface area contributed by atoms with Crippen molar-refractivity contribution in [3.05, 3.63) is 65.7 Å². The van der Waals surface area contributed by atoms with Crippen LogP contribution in [0.3, 0.4) is 0 Å². The molecule has 0 aliphatic rings. The molecule has 2 aromatic rings. The molecule has 0 saturated carbocycles. The summed E-state index contributed by atoms with van der Waals surface area (Å²) >= 11 is 0. The van der Waals surface area contributed by atoms with Gasteiger partial charge in [0.2, 0.25) is 0 Å². The van der Waals surface area contributed by atoms with Crippen LogP contribution in [0.5, 0.6) is 0 Å². The first-order valence-electron chi connectivity index (χ1n) is 6.65. The third kappa shape index (κ3) is 4.65. The van der Waals surface area contributed by atoms with Crippen LogP contribution in [0.1, 0.15) is 5.56 Å². The van der Waals surface area contributed by atoms with Gasteiger partial charge in [0, 0.05) is 5.56 Å². The Morgan fingerprint density at radius 3 is 2.43 bits per heavy atom.